The molecule has 6 aliphatic rings. The van der Waals surface area contributed by atoms with Gasteiger partial charge in [0.1, 0.15) is 97.0 Å². The number of aromatic nitrogens is 1. The average Bonchev–Trinajstić information content (AvgIpc) is 1.25. The number of nitrogens with one attached hydrogen (secondary N) is 1. The van der Waals surface area contributed by atoms with E-state index in [1.165, 1.54) is 53.0 Å². The van der Waals surface area contributed by atoms with Crippen LogP contribution in [-0.4, -0.2) is 84.1 Å². The molecule has 0 radical (unpaired) electrons. The van der Waals surface area contributed by atoms with Crippen LogP contribution in [0.1, 0.15) is 226 Å². The molecule has 14 aromatic rings. The lowest BCUT2D eigenvalue weighted by Gasteiger charge is -2.36. The Kier molecular flexibility index (Phi) is 26.3. The SMILES string of the molecule is CC(C)c1ccc2c(c1)C(C)(C)Oc1cc(-c3cccc(S(=O)(=O)N(C)C)c3)cc(O)c1-2.CC(C)c1ccc2c(c1)C(C)(C)Oc1cc(-c3ccccn3)cc(O)c1-2.CC(C)c1ccc2c(c1)C(C)(C)Oc1cc(C(=O)Nc3ccccc3)cc(O)c1-2.CC(C)c1ccc2c(c1)C(C)(C)Oc1cc(C3=CCC=N3)cc(O)c1-2.Cc1ccc(-c2cc(O)c3c(c2)OC(C)(C)c2ccc(S(C)(=O)=O)cc2-3)o1. The molecule has 8 heterocycles. The molecular weight excluding hydrogens is 1780 g/mol. The topological polar surface area (TPSA) is 286 Å². The number of carbonyl (C=O) groups excluding carboxylic acids is 1. The second kappa shape index (κ2) is 37.3. The Labute approximate surface area is 815 Å². The molecule has 0 saturated heterocycles. The molecule has 0 bridgehead atoms. The van der Waals surface area contributed by atoms with Crippen molar-refractivity contribution in [2.45, 2.75) is 199 Å². The molecule has 0 saturated carbocycles. The highest BCUT2D eigenvalue weighted by Crippen LogP contribution is 2.58. The largest absolute Gasteiger partial charge is 0.507 e. The number of phenolic OH excluding ortho intramolecular Hbond substituents is 5. The predicted octanol–water partition coefficient (Wildman–Crippen LogP) is 27.9. The van der Waals surface area contributed by atoms with Crippen LogP contribution in [0.2, 0.25) is 0 Å². The first kappa shape index (κ1) is 97.9. The van der Waals surface area contributed by atoms with E-state index in [0.29, 0.717) is 108 Å². The Morgan fingerprint density at radius 3 is 1.22 bits per heavy atom. The number of amides is 1. The van der Waals surface area contributed by atoms with Gasteiger partial charge in [0.15, 0.2) is 9.84 Å². The monoisotopic (exact) mass is 1900 g/mol. The number of fused-ring (bicyclic) bond motifs is 15. The van der Waals surface area contributed by atoms with Gasteiger partial charge in [-0.25, -0.2) is 21.1 Å². The van der Waals surface area contributed by atoms with Crippen molar-refractivity contribution in [3.8, 4) is 147 Å². The number of anilines is 1. The fraction of sp³-hybridized carbons (Fsp3) is 0.274. The number of phenols is 5. The first-order valence-electron chi connectivity index (χ1n) is 46.8. The second-order valence-electron chi connectivity index (χ2n) is 40.1. The summed E-state index contributed by atoms with van der Waals surface area (Å²) in [5, 5.41) is 56.9. The van der Waals surface area contributed by atoms with Gasteiger partial charge in [-0.05, 0) is 282 Å². The lowest BCUT2D eigenvalue weighted by atomic mass is 9.83. The van der Waals surface area contributed by atoms with E-state index in [1.807, 2.05) is 152 Å². The standard InChI is InChI=1S/C26H29NO4S.C25H25NO3.C23H23NO2.C22H23NO2.C21H20O5S/c1-16(2)17-10-11-21-22(13-17)26(3,4)31-24-15-19(14-23(28)25(21)24)18-8-7-9-20(12-18)32(29,30)27(5)6;1-15(2)16-10-11-19-20(12-16)25(3,4)29-22-14-17(13-21(27)23(19)22)24(28)26-18-8-6-5-7-9-18;1-14(2)15-8-9-17-18(11-15)23(3,4)26-21-13-16(12-20(25)22(17)21)19-7-5-6-10-24-19;1-13(2)14-7-8-16-17(10-14)22(3,4)25-20-12-15(11-19(24)21(16)20)18-6-5-9-23-18;1-12-5-8-18(25-12)13-9-17(22)20-15-11-14(27(4,23)24)6-7-16(15)21(2,3)26-19(20)10-13/h7-16,28H,1-6H3;5-15,27H,1-4H3,(H,26,28);5-14,25H,1-4H3;6-13,24H,5H2,1-4H3;5-11,22H,1-4H3. The van der Waals surface area contributed by atoms with Crippen molar-refractivity contribution < 1.29 is 75.3 Å². The number of carbonyl (C=O) groups is 1. The summed E-state index contributed by atoms with van der Waals surface area (Å²) in [5.41, 5.74) is 21.9. The Morgan fingerprint density at radius 2 is 0.799 bits per heavy atom. The van der Waals surface area contributed by atoms with Gasteiger partial charge in [-0.1, -0.05) is 177 Å². The van der Waals surface area contributed by atoms with Crippen LogP contribution in [0.25, 0.3) is 95.0 Å². The molecule has 6 N–H and O–H groups in total. The number of allylic oxidation sites excluding steroid dienone is 1. The van der Waals surface area contributed by atoms with Crippen molar-refractivity contribution in [2.24, 2.45) is 4.99 Å². The zero-order chi connectivity index (χ0) is 100.0. The van der Waals surface area contributed by atoms with Crippen molar-refractivity contribution in [3.05, 3.63) is 316 Å². The number of aromatic hydroxyl groups is 5. The minimum atomic E-state index is -3.57. The Hall–Kier alpha value is -14.2. The van der Waals surface area contributed by atoms with Crippen LogP contribution in [0.3, 0.4) is 0 Å². The van der Waals surface area contributed by atoms with Gasteiger partial charge >= 0.3 is 0 Å². The third-order valence-electron chi connectivity index (χ3n) is 26.3. The highest BCUT2D eigenvalue weighted by atomic mass is 32.2. The Bertz CT molecular complexity index is 7510. The first-order chi connectivity index (χ1) is 65.5. The third-order valence-corrected chi connectivity index (χ3v) is 29.2. The van der Waals surface area contributed by atoms with Crippen LogP contribution >= 0.6 is 0 Å². The summed E-state index contributed by atoms with van der Waals surface area (Å²) in [6.45, 7) is 39.4. The van der Waals surface area contributed by atoms with Gasteiger partial charge in [0.2, 0.25) is 10.0 Å². The summed E-state index contributed by atoms with van der Waals surface area (Å²) in [6.07, 6.45) is 7.68. The number of hydrogen-bond donors (Lipinski definition) is 6. The number of furan rings is 1. The molecule has 12 aromatic carbocycles. The van der Waals surface area contributed by atoms with E-state index < -0.39 is 47.9 Å². The molecule has 0 unspecified atom stereocenters. The number of nitrogens with zero attached hydrogens (tertiary/aromatic N) is 3. The van der Waals surface area contributed by atoms with Crippen LogP contribution in [0.15, 0.2) is 268 Å². The number of pyridine rings is 1. The molecule has 20 rings (SSSR count). The van der Waals surface area contributed by atoms with Gasteiger partial charge in [-0.2, -0.15) is 0 Å². The van der Waals surface area contributed by atoms with Crippen LogP contribution < -0.4 is 29.0 Å². The van der Waals surface area contributed by atoms with Gasteiger partial charge in [-0.3, -0.25) is 14.8 Å². The number of ether oxygens (including phenoxy) is 5. The summed E-state index contributed by atoms with van der Waals surface area (Å²) in [7, 11) is -3.93. The fourth-order valence-corrected chi connectivity index (χ4v) is 20.2. The van der Waals surface area contributed by atoms with E-state index in [0.717, 1.165) is 95.9 Å². The molecule has 2 aromatic heterocycles. The van der Waals surface area contributed by atoms with Crippen LogP contribution in [0, 0.1) is 6.92 Å². The van der Waals surface area contributed by atoms with Crippen LogP contribution in [-0.2, 0) is 47.9 Å². The maximum absolute atomic E-state index is 12.7. The normalized spacial score (nSPS) is 15.0. The lowest BCUT2D eigenvalue weighted by molar-refractivity contribution is 0.1000. The molecule has 0 aliphatic carbocycles. The minimum absolute atomic E-state index is 0.0129. The van der Waals surface area contributed by atoms with Gasteiger partial charge in [0.05, 0.1) is 49.0 Å². The molecule has 716 valence electrons. The molecule has 139 heavy (non-hydrogen) atoms. The lowest BCUT2D eigenvalue weighted by Crippen LogP contribution is -2.30. The third kappa shape index (κ3) is 19.6. The summed E-state index contributed by atoms with van der Waals surface area (Å²) >= 11 is 0. The molecule has 20 nitrogen and oxygen atoms in total. The number of sulfone groups is 1. The van der Waals surface area contributed by atoms with Crippen molar-refractivity contribution in [2.75, 3.05) is 25.7 Å². The first-order valence-corrected chi connectivity index (χ1v) is 50.2. The zero-order valence-corrected chi connectivity index (χ0v) is 84.3. The van der Waals surface area contributed by atoms with E-state index in [2.05, 4.69) is 171 Å². The maximum atomic E-state index is 12.7. The van der Waals surface area contributed by atoms with Gasteiger partial charge in [0.25, 0.3) is 5.91 Å². The molecule has 0 spiro atoms. The molecular formula is C117H120N4O16S2. The molecule has 0 fully saturated rings. The van der Waals surface area contributed by atoms with E-state index in [9.17, 15) is 47.2 Å². The maximum Gasteiger partial charge on any atom is 0.255 e. The number of aliphatic imine (C=N–C) groups is 1. The van der Waals surface area contributed by atoms with E-state index in [-0.39, 0.29) is 44.4 Å². The van der Waals surface area contributed by atoms with Gasteiger partial charge in [0, 0.05) is 94.9 Å². The molecule has 1 amide bonds. The number of sulfonamides is 1. The van der Waals surface area contributed by atoms with Crippen LogP contribution in [0.5, 0.6) is 57.5 Å². The van der Waals surface area contributed by atoms with Crippen molar-refractivity contribution in [1.82, 2.24) is 9.29 Å². The quantitative estimate of drug-likeness (QED) is 0.0625. The number of aryl methyl sites for hydroxylation is 1. The number of benzene rings is 12. The van der Waals surface area contributed by atoms with Crippen molar-refractivity contribution in [3.63, 3.8) is 0 Å². The summed E-state index contributed by atoms with van der Waals surface area (Å²) < 4.78 is 87.5. The zero-order valence-electron chi connectivity index (χ0n) is 82.7. The summed E-state index contributed by atoms with van der Waals surface area (Å²) in [6, 6.07) is 73.5. The number of rotatable bonds is 13. The van der Waals surface area contributed by atoms with Gasteiger partial charge < -0.3 is 59.0 Å². The second-order valence-corrected chi connectivity index (χ2v) is 44.3. The molecule has 0 atom stereocenters. The van der Waals surface area contributed by atoms with E-state index in [1.54, 1.807) is 72.9 Å². The minimum Gasteiger partial charge on any atom is -0.507 e. The number of para-hydroxylation sites is 1. The highest BCUT2D eigenvalue weighted by Gasteiger charge is 2.42. The summed E-state index contributed by atoms with van der Waals surface area (Å²) in [5.74, 6) is 6.38. The number of hydrogen-bond acceptors (Lipinski definition) is 18. The highest BCUT2D eigenvalue weighted by molar-refractivity contribution is 7.90. The molecule has 6 aliphatic heterocycles. The predicted molar refractivity (Wildman–Crippen MR) is 553 cm³/mol. The van der Waals surface area contributed by atoms with Crippen LogP contribution in [0.4, 0.5) is 5.69 Å². The Morgan fingerprint density at radius 1 is 0.388 bits per heavy atom. The van der Waals surface area contributed by atoms with E-state index in [4.69, 9.17) is 28.1 Å². The Balaban J connectivity index is 0.000000126. The van der Waals surface area contributed by atoms with E-state index >= 15 is 0 Å². The van der Waals surface area contributed by atoms with Crippen molar-refractivity contribution >= 4 is 43.4 Å². The van der Waals surface area contributed by atoms with Gasteiger partial charge in [-0.15, -0.1) is 0 Å². The summed E-state index contributed by atoms with van der Waals surface area (Å²) in [4.78, 5) is 21.9. The molecule has 22 heteroatoms. The van der Waals surface area contributed by atoms with Crippen molar-refractivity contribution in [1.29, 1.82) is 0 Å². The average molecular weight is 1900 g/mol. The fourth-order valence-electron chi connectivity index (χ4n) is 18.6. The smallest absolute Gasteiger partial charge is 0.255 e.